The molecule has 6 nitrogen and oxygen atoms in total. The Morgan fingerprint density at radius 3 is 2.30 bits per heavy atom. The second-order valence-corrected chi connectivity index (χ2v) is 10.0. The van der Waals surface area contributed by atoms with Gasteiger partial charge in [-0.2, -0.15) is 4.31 Å². The summed E-state index contributed by atoms with van der Waals surface area (Å²) in [7, 11) is -3.69. The lowest BCUT2D eigenvalue weighted by Crippen LogP contribution is -2.31. The lowest BCUT2D eigenvalue weighted by Gasteiger charge is -2.24. The topological polar surface area (TPSA) is 69.7 Å². The van der Waals surface area contributed by atoms with Crippen LogP contribution in [0.3, 0.4) is 0 Å². The molecule has 2 aliphatic rings. The molecule has 27 heavy (non-hydrogen) atoms. The number of nitrogens with one attached hydrogen (secondary N) is 1. The predicted molar refractivity (Wildman–Crippen MR) is 108 cm³/mol. The van der Waals surface area contributed by atoms with Crippen LogP contribution in [0, 0.1) is 5.92 Å². The average Bonchev–Trinajstić information content (AvgIpc) is 3.32. The van der Waals surface area contributed by atoms with Crippen molar-refractivity contribution in [3.63, 3.8) is 0 Å². The van der Waals surface area contributed by atoms with Crippen LogP contribution in [0.4, 0.5) is 5.69 Å². The highest BCUT2D eigenvalue weighted by Gasteiger charge is 2.32. The summed E-state index contributed by atoms with van der Waals surface area (Å²) < 4.78 is 27.5. The molecule has 150 valence electrons. The molecule has 1 aromatic rings. The maximum atomic E-state index is 13.0. The van der Waals surface area contributed by atoms with E-state index in [0.717, 1.165) is 44.5 Å². The Morgan fingerprint density at radius 2 is 1.70 bits per heavy atom. The van der Waals surface area contributed by atoms with E-state index in [4.69, 9.17) is 11.6 Å². The number of hydrogen-bond acceptors (Lipinski definition) is 4. The second kappa shape index (κ2) is 8.37. The van der Waals surface area contributed by atoms with Crippen molar-refractivity contribution in [2.45, 2.75) is 44.4 Å². The Balaban J connectivity index is 2.02. The first-order chi connectivity index (χ1) is 12.8. The standard InChI is InChI=1S/C19H28ClN3O3S/c1-14(2)13-21-19(24)15-11-18(27(25,26)23-9-5-6-10-23)16(20)12-17(15)22-7-3-4-8-22/h11-12,14H,3-10,13H2,1-2H3,(H,21,24). The maximum Gasteiger partial charge on any atom is 0.253 e. The summed E-state index contributed by atoms with van der Waals surface area (Å²) in [5, 5.41) is 3.10. The van der Waals surface area contributed by atoms with Gasteiger partial charge in [-0.3, -0.25) is 4.79 Å². The number of carbonyl (C=O) groups excluding carboxylic acids is 1. The van der Waals surface area contributed by atoms with Crippen LogP contribution in [-0.4, -0.2) is 51.4 Å². The maximum absolute atomic E-state index is 13.0. The summed E-state index contributed by atoms with van der Waals surface area (Å²) in [6, 6.07) is 3.12. The van der Waals surface area contributed by atoms with Gasteiger partial charge in [0, 0.05) is 32.7 Å². The molecule has 2 aliphatic heterocycles. The van der Waals surface area contributed by atoms with E-state index >= 15 is 0 Å². The van der Waals surface area contributed by atoms with Gasteiger partial charge in [-0.25, -0.2) is 8.42 Å². The third-order valence-corrected chi connectivity index (χ3v) is 7.46. The highest BCUT2D eigenvalue weighted by molar-refractivity contribution is 7.89. The second-order valence-electron chi connectivity index (χ2n) is 7.71. The molecule has 3 rings (SSSR count). The molecular weight excluding hydrogens is 386 g/mol. The van der Waals surface area contributed by atoms with Gasteiger partial charge in [-0.15, -0.1) is 0 Å². The van der Waals surface area contributed by atoms with Gasteiger partial charge in [-0.05, 0) is 43.7 Å². The van der Waals surface area contributed by atoms with Crippen molar-refractivity contribution in [2.24, 2.45) is 5.92 Å². The van der Waals surface area contributed by atoms with Crippen LogP contribution in [0.5, 0.6) is 0 Å². The lowest BCUT2D eigenvalue weighted by atomic mass is 10.1. The van der Waals surface area contributed by atoms with Crippen LogP contribution in [-0.2, 0) is 10.0 Å². The van der Waals surface area contributed by atoms with Crippen molar-refractivity contribution in [2.75, 3.05) is 37.6 Å². The van der Waals surface area contributed by atoms with Gasteiger partial charge < -0.3 is 10.2 Å². The van der Waals surface area contributed by atoms with Gasteiger partial charge in [0.05, 0.1) is 16.3 Å². The fraction of sp³-hybridized carbons (Fsp3) is 0.632. The summed E-state index contributed by atoms with van der Waals surface area (Å²) in [6.45, 7) is 7.27. The number of anilines is 1. The normalized spacial score (nSPS) is 18.4. The number of nitrogens with zero attached hydrogens (tertiary/aromatic N) is 2. The number of sulfonamides is 1. The Labute approximate surface area is 166 Å². The van der Waals surface area contributed by atoms with Crippen LogP contribution in [0.2, 0.25) is 5.02 Å². The zero-order valence-electron chi connectivity index (χ0n) is 16.0. The van der Waals surface area contributed by atoms with Crippen LogP contribution in [0.15, 0.2) is 17.0 Å². The molecule has 2 saturated heterocycles. The summed E-state index contributed by atoms with van der Waals surface area (Å²) in [5.41, 5.74) is 1.11. The third kappa shape index (κ3) is 4.41. The molecule has 0 saturated carbocycles. The third-order valence-electron chi connectivity index (χ3n) is 5.10. The molecule has 0 spiro atoms. The first-order valence-corrected chi connectivity index (χ1v) is 11.5. The number of benzene rings is 1. The van der Waals surface area contributed by atoms with E-state index in [1.165, 1.54) is 10.4 Å². The van der Waals surface area contributed by atoms with E-state index in [1.807, 2.05) is 13.8 Å². The summed E-state index contributed by atoms with van der Waals surface area (Å²) in [4.78, 5) is 15.0. The monoisotopic (exact) mass is 413 g/mol. The van der Waals surface area contributed by atoms with Crippen molar-refractivity contribution >= 4 is 33.2 Å². The van der Waals surface area contributed by atoms with Gasteiger partial charge in [0.1, 0.15) is 4.90 Å². The predicted octanol–water partition coefficient (Wildman–Crippen LogP) is 3.11. The quantitative estimate of drug-likeness (QED) is 0.777. The molecule has 0 unspecified atom stereocenters. The van der Waals surface area contributed by atoms with Gasteiger partial charge in [0.15, 0.2) is 0 Å². The van der Waals surface area contributed by atoms with Crippen molar-refractivity contribution in [3.05, 3.63) is 22.7 Å². The Bertz CT molecular complexity index is 799. The van der Waals surface area contributed by atoms with Crippen LogP contribution in [0.25, 0.3) is 0 Å². The first-order valence-electron chi connectivity index (χ1n) is 9.67. The average molecular weight is 414 g/mol. The zero-order chi connectivity index (χ0) is 19.6. The number of halogens is 1. The molecular formula is C19H28ClN3O3S. The van der Waals surface area contributed by atoms with E-state index < -0.39 is 10.0 Å². The summed E-state index contributed by atoms with van der Waals surface area (Å²) in [5.74, 6) is 0.0597. The molecule has 0 atom stereocenters. The molecule has 0 radical (unpaired) electrons. The fourth-order valence-electron chi connectivity index (χ4n) is 3.60. The lowest BCUT2D eigenvalue weighted by molar-refractivity contribution is 0.0949. The smallest absolute Gasteiger partial charge is 0.253 e. The van der Waals surface area contributed by atoms with Gasteiger partial charge in [0.2, 0.25) is 10.0 Å². The van der Waals surface area contributed by atoms with Gasteiger partial charge in [-0.1, -0.05) is 25.4 Å². The van der Waals surface area contributed by atoms with Crippen molar-refractivity contribution in [3.8, 4) is 0 Å². The number of rotatable bonds is 6. The van der Waals surface area contributed by atoms with E-state index in [-0.39, 0.29) is 15.8 Å². The molecule has 8 heteroatoms. The van der Waals surface area contributed by atoms with Crippen LogP contribution >= 0.6 is 11.6 Å². The molecule has 0 bridgehead atoms. The molecule has 0 aromatic heterocycles. The number of carbonyl (C=O) groups is 1. The van der Waals surface area contributed by atoms with Crippen molar-refractivity contribution < 1.29 is 13.2 Å². The van der Waals surface area contributed by atoms with E-state index in [0.29, 0.717) is 31.1 Å². The van der Waals surface area contributed by atoms with Gasteiger partial charge in [0.25, 0.3) is 5.91 Å². The molecule has 1 amide bonds. The Morgan fingerprint density at radius 1 is 1.11 bits per heavy atom. The Hall–Kier alpha value is -1.31. The summed E-state index contributed by atoms with van der Waals surface area (Å²) >= 11 is 6.41. The van der Waals surface area contributed by atoms with E-state index in [2.05, 4.69) is 10.2 Å². The fourth-order valence-corrected chi connectivity index (χ4v) is 5.64. The molecule has 0 aliphatic carbocycles. The summed E-state index contributed by atoms with van der Waals surface area (Å²) in [6.07, 6.45) is 3.81. The largest absolute Gasteiger partial charge is 0.371 e. The minimum atomic E-state index is -3.69. The van der Waals surface area contributed by atoms with E-state index in [1.54, 1.807) is 6.07 Å². The van der Waals surface area contributed by atoms with Crippen molar-refractivity contribution in [1.82, 2.24) is 9.62 Å². The minimum absolute atomic E-state index is 0.0312. The number of amides is 1. The first kappa shape index (κ1) is 20.4. The van der Waals surface area contributed by atoms with Crippen LogP contribution < -0.4 is 10.2 Å². The van der Waals surface area contributed by atoms with Crippen LogP contribution in [0.1, 0.15) is 49.9 Å². The molecule has 1 aromatic carbocycles. The molecule has 2 fully saturated rings. The SMILES string of the molecule is CC(C)CNC(=O)c1cc(S(=O)(=O)N2CCCC2)c(Cl)cc1N1CCCC1. The molecule has 2 heterocycles. The number of hydrogen-bond donors (Lipinski definition) is 1. The van der Waals surface area contributed by atoms with E-state index in [9.17, 15) is 13.2 Å². The highest BCUT2D eigenvalue weighted by Crippen LogP contribution is 2.35. The zero-order valence-corrected chi connectivity index (χ0v) is 17.6. The van der Waals surface area contributed by atoms with Gasteiger partial charge >= 0.3 is 0 Å². The minimum Gasteiger partial charge on any atom is -0.371 e. The highest BCUT2D eigenvalue weighted by atomic mass is 35.5. The molecule has 1 N–H and O–H groups in total. The Kier molecular flexibility index (Phi) is 6.33. The van der Waals surface area contributed by atoms with Crippen molar-refractivity contribution in [1.29, 1.82) is 0 Å².